The Balaban J connectivity index is 1.80. The Morgan fingerprint density at radius 1 is 1.22 bits per heavy atom. The average molecular weight is 397 g/mol. The predicted octanol–water partition coefficient (Wildman–Crippen LogP) is 1.65. The van der Waals surface area contributed by atoms with Crippen LogP contribution < -0.4 is 5.73 Å². The van der Waals surface area contributed by atoms with E-state index >= 15 is 0 Å². The number of piperidine rings is 2. The molecular formula is C19H32N4O3S. The molecule has 2 N–H and O–H groups in total. The first-order chi connectivity index (χ1) is 12.7. The van der Waals surface area contributed by atoms with Crippen LogP contribution in [0.4, 0.5) is 0 Å². The summed E-state index contributed by atoms with van der Waals surface area (Å²) < 4.78 is 29.2. The van der Waals surface area contributed by atoms with Gasteiger partial charge in [-0.25, -0.2) is 8.42 Å². The molecule has 1 amide bonds. The van der Waals surface area contributed by atoms with Crippen LogP contribution in [0, 0.1) is 11.8 Å². The van der Waals surface area contributed by atoms with Crippen LogP contribution in [0.25, 0.3) is 0 Å². The highest BCUT2D eigenvalue weighted by Gasteiger charge is 2.32. The monoisotopic (exact) mass is 396 g/mol. The van der Waals surface area contributed by atoms with E-state index in [1.165, 1.54) is 6.07 Å². The van der Waals surface area contributed by atoms with E-state index in [1.54, 1.807) is 22.1 Å². The number of rotatable bonds is 4. The van der Waals surface area contributed by atoms with Crippen molar-refractivity contribution >= 4 is 15.9 Å². The molecule has 3 atom stereocenters. The first-order valence-electron chi connectivity index (χ1n) is 9.91. The smallest absolute Gasteiger partial charge is 0.270 e. The molecule has 27 heavy (non-hydrogen) atoms. The molecule has 3 heterocycles. The van der Waals surface area contributed by atoms with Crippen molar-refractivity contribution in [3.05, 3.63) is 18.0 Å². The molecule has 0 radical (unpaired) electrons. The predicted molar refractivity (Wildman–Crippen MR) is 105 cm³/mol. The van der Waals surface area contributed by atoms with Crippen LogP contribution in [0.2, 0.25) is 0 Å². The molecular weight excluding hydrogens is 364 g/mol. The number of aryl methyl sites for hydroxylation is 1. The van der Waals surface area contributed by atoms with E-state index < -0.39 is 10.0 Å². The van der Waals surface area contributed by atoms with Crippen LogP contribution in [0.5, 0.6) is 0 Å². The summed E-state index contributed by atoms with van der Waals surface area (Å²) >= 11 is 0. The van der Waals surface area contributed by atoms with E-state index in [4.69, 9.17) is 5.73 Å². The molecule has 3 unspecified atom stereocenters. The lowest BCUT2D eigenvalue weighted by molar-refractivity contribution is 0.0651. The van der Waals surface area contributed by atoms with E-state index in [2.05, 4.69) is 6.92 Å². The van der Waals surface area contributed by atoms with Crippen molar-refractivity contribution in [2.45, 2.75) is 50.5 Å². The van der Waals surface area contributed by atoms with Gasteiger partial charge in [-0.2, -0.15) is 4.31 Å². The topological polar surface area (TPSA) is 88.6 Å². The maximum absolute atomic E-state index is 13.0. The van der Waals surface area contributed by atoms with Crippen molar-refractivity contribution in [3.8, 4) is 0 Å². The maximum Gasteiger partial charge on any atom is 0.270 e. The molecule has 2 aliphatic heterocycles. The van der Waals surface area contributed by atoms with Gasteiger partial charge in [0.15, 0.2) is 0 Å². The van der Waals surface area contributed by atoms with E-state index in [-0.39, 0.29) is 16.8 Å². The Bertz CT molecular complexity index is 787. The number of aromatic nitrogens is 1. The average Bonchev–Trinajstić information content (AvgIpc) is 3.03. The van der Waals surface area contributed by atoms with E-state index in [1.807, 2.05) is 11.8 Å². The summed E-state index contributed by atoms with van der Waals surface area (Å²) in [7, 11) is -1.83. The van der Waals surface area contributed by atoms with Gasteiger partial charge in [0.1, 0.15) is 10.6 Å². The minimum atomic E-state index is -3.56. The fourth-order valence-corrected chi connectivity index (χ4v) is 5.86. The molecule has 0 spiro atoms. The van der Waals surface area contributed by atoms with Crippen molar-refractivity contribution in [2.75, 3.05) is 26.2 Å². The molecule has 2 fully saturated rings. The second-order valence-corrected chi connectivity index (χ2v) is 10.2. The molecule has 2 aliphatic rings. The Morgan fingerprint density at radius 2 is 1.93 bits per heavy atom. The highest BCUT2D eigenvalue weighted by Crippen LogP contribution is 2.26. The van der Waals surface area contributed by atoms with Gasteiger partial charge < -0.3 is 15.2 Å². The standard InChI is InChI=1S/C19H32N4O3S/c1-14-6-4-9-23(11-14)27(25,26)17-10-18(21(3)13-17)19(24)22-8-5-7-16(12-22)15(2)20/h10,13-16H,4-9,11-12,20H2,1-3H3. The van der Waals surface area contributed by atoms with E-state index in [0.29, 0.717) is 43.7 Å². The molecule has 3 rings (SSSR count). The van der Waals surface area contributed by atoms with Crippen LogP contribution in [-0.2, 0) is 17.1 Å². The number of likely N-dealkylation sites (tertiary alicyclic amines) is 1. The molecule has 152 valence electrons. The number of amides is 1. The van der Waals surface area contributed by atoms with Crippen LogP contribution in [0.1, 0.15) is 50.0 Å². The van der Waals surface area contributed by atoms with Gasteiger partial charge >= 0.3 is 0 Å². The largest absolute Gasteiger partial charge is 0.345 e. The van der Waals surface area contributed by atoms with Crippen molar-refractivity contribution < 1.29 is 13.2 Å². The molecule has 0 saturated carbocycles. The Labute approximate surface area is 162 Å². The van der Waals surface area contributed by atoms with Gasteiger partial charge in [-0.05, 0) is 50.5 Å². The molecule has 7 nitrogen and oxygen atoms in total. The molecule has 0 bridgehead atoms. The summed E-state index contributed by atoms with van der Waals surface area (Å²) in [6, 6.07) is 1.58. The van der Waals surface area contributed by atoms with Crippen LogP contribution in [-0.4, -0.2) is 60.3 Å². The Kier molecular flexibility index (Phi) is 5.98. The number of carbonyl (C=O) groups is 1. The second kappa shape index (κ2) is 7.93. The van der Waals surface area contributed by atoms with Gasteiger partial charge in [-0.3, -0.25) is 4.79 Å². The maximum atomic E-state index is 13.0. The molecule has 0 aliphatic carbocycles. The minimum absolute atomic E-state index is 0.0473. The van der Waals surface area contributed by atoms with Crippen LogP contribution in [0.15, 0.2) is 17.2 Å². The third-order valence-electron chi connectivity index (χ3n) is 5.95. The summed E-state index contributed by atoms with van der Waals surface area (Å²) in [4.78, 5) is 15.0. The highest BCUT2D eigenvalue weighted by molar-refractivity contribution is 7.89. The van der Waals surface area contributed by atoms with E-state index in [0.717, 1.165) is 25.7 Å². The lowest BCUT2D eigenvalue weighted by atomic mass is 9.92. The lowest BCUT2D eigenvalue weighted by Crippen LogP contribution is -2.45. The van der Waals surface area contributed by atoms with Crippen molar-refractivity contribution in [2.24, 2.45) is 24.6 Å². The minimum Gasteiger partial charge on any atom is -0.345 e. The summed E-state index contributed by atoms with van der Waals surface area (Å²) in [5.74, 6) is 0.541. The van der Waals surface area contributed by atoms with Gasteiger partial charge in [-0.15, -0.1) is 0 Å². The van der Waals surface area contributed by atoms with Crippen molar-refractivity contribution in [1.82, 2.24) is 13.8 Å². The zero-order valence-corrected chi connectivity index (χ0v) is 17.4. The van der Waals surface area contributed by atoms with Gasteiger partial charge in [0.25, 0.3) is 5.91 Å². The molecule has 1 aromatic rings. The van der Waals surface area contributed by atoms with E-state index in [9.17, 15) is 13.2 Å². The quantitative estimate of drug-likeness (QED) is 0.838. The highest BCUT2D eigenvalue weighted by atomic mass is 32.2. The normalized spacial score (nSPS) is 26.1. The summed E-state index contributed by atoms with van der Waals surface area (Å²) in [6.45, 7) is 6.47. The number of sulfonamides is 1. The third-order valence-corrected chi connectivity index (χ3v) is 7.78. The number of hydrogen-bond acceptors (Lipinski definition) is 4. The Hall–Kier alpha value is -1.38. The van der Waals surface area contributed by atoms with Gasteiger partial charge in [0.2, 0.25) is 10.0 Å². The number of hydrogen-bond donors (Lipinski definition) is 1. The molecule has 2 saturated heterocycles. The second-order valence-electron chi connectivity index (χ2n) is 8.29. The first kappa shape index (κ1) is 20.4. The third kappa shape index (κ3) is 4.22. The van der Waals surface area contributed by atoms with Crippen LogP contribution >= 0.6 is 0 Å². The van der Waals surface area contributed by atoms with Crippen molar-refractivity contribution in [3.63, 3.8) is 0 Å². The van der Waals surface area contributed by atoms with Gasteiger partial charge in [0, 0.05) is 45.5 Å². The fraction of sp³-hybridized carbons (Fsp3) is 0.737. The number of carbonyl (C=O) groups excluding carboxylic acids is 1. The van der Waals surface area contributed by atoms with Gasteiger partial charge in [0.05, 0.1) is 0 Å². The Morgan fingerprint density at radius 3 is 2.59 bits per heavy atom. The van der Waals surface area contributed by atoms with Crippen molar-refractivity contribution in [1.29, 1.82) is 0 Å². The van der Waals surface area contributed by atoms with Crippen LogP contribution in [0.3, 0.4) is 0 Å². The molecule has 1 aromatic heterocycles. The zero-order valence-electron chi connectivity index (χ0n) is 16.6. The first-order valence-corrected chi connectivity index (χ1v) is 11.4. The van der Waals surface area contributed by atoms with Gasteiger partial charge in [-0.1, -0.05) is 6.92 Å². The SMILES string of the molecule is CC1CCCN(S(=O)(=O)c2cc(C(=O)N3CCCC(C(C)N)C3)n(C)c2)C1. The lowest BCUT2D eigenvalue weighted by Gasteiger charge is -2.34. The number of nitrogens with two attached hydrogens (primary N) is 1. The summed E-state index contributed by atoms with van der Waals surface area (Å²) in [5, 5.41) is 0. The summed E-state index contributed by atoms with van der Waals surface area (Å²) in [6.07, 6.45) is 5.46. The number of nitrogens with zero attached hydrogens (tertiary/aromatic N) is 3. The molecule has 8 heteroatoms. The summed E-state index contributed by atoms with van der Waals surface area (Å²) in [5.41, 5.74) is 6.45. The molecule has 0 aromatic carbocycles. The zero-order chi connectivity index (χ0) is 19.8. The fourth-order valence-electron chi connectivity index (χ4n) is 4.19.